The highest BCUT2D eigenvalue weighted by molar-refractivity contribution is 7.04. The number of rotatable bonds is 5. The molecule has 246 valence electrons. The summed E-state index contributed by atoms with van der Waals surface area (Å²) in [7, 11) is -2.04. The van der Waals surface area contributed by atoms with Gasteiger partial charge < -0.3 is 4.42 Å². The second-order valence-electron chi connectivity index (χ2n) is 14.0. The van der Waals surface area contributed by atoms with Crippen molar-refractivity contribution in [3.8, 4) is 67.5 Å². The molecule has 0 spiro atoms. The average molecular weight is 684 g/mol. The summed E-state index contributed by atoms with van der Waals surface area (Å²) in [6.07, 6.45) is 0. The fourth-order valence-corrected chi connectivity index (χ4v) is 11.0. The summed E-state index contributed by atoms with van der Waals surface area (Å²) in [6, 6.07) is 57.5. The molecule has 1 aliphatic rings. The molecule has 0 fully saturated rings. The Hall–Kier alpha value is -6.43. The molecule has 0 unspecified atom stereocenters. The van der Waals surface area contributed by atoms with Crippen LogP contribution in [0.3, 0.4) is 0 Å². The minimum Gasteiger partial charge on any atom is -0.456 e. The number of aromatic nitrogens is 3. The number of nitrogens with zero attached hydrogens (tertiary/aromatic N) is 3. The summed E-state index contributed by atoms with van der Waals surface area (Å²) in [6.45, 7) is 4.91. The Kier molecular flexibility index (Phi) is 6.91. The molecule has 0 atom stereocenters. The van der Waals surface area contributed by atoms with Gasteiger partial charge >= 0.3 is 0 Å². The van der Waals surface area contributed by atoms with E-state index in [0.29, 0.717) is 17.5 Å². The van der Waals surface area contributed by atoms with Crippen LogP contribution in [-0.4, -0.2) is 23.0 Å². The van der Waals surface area contributed by atoms with Crippen LogP contribution in [0.15, 0.2) is 168 Å². The van der Waals surface area contributed by atoms with E-state index in [2.05, 4.69) is 140 Å². The molecular formula is C47H33N3OSi. The van der Waals surface area contributed by atoms with Crippen LogP contribution in [0.25, 0.3) is 89.5 Å². The highest BCUT2D eigenvalue weighted by Crippen LogP contribution is 2.40. The number of benzene rings is 7. The van der Waals surface area contributed by atoms with E-state index in [0.717, 1.165) is 49.8 Å². The molecule has 3 heterocycles. The van der Waals surface area contributed by atoms with E-state index >= 15 is 0 Å². The summed E-state index contributed by atoms with van der Waals surface area (Å²) in [5.41, 5.74) is 11.8. The van der Waals surface area contributed by atoms with Gasteiger partial charge in [-0.15, -0.1) is 0 Å². The Balaban J connectivity index is 1.18. The van der Waals surface area contributed by atoms with Gasteiger partial charge in [-0.05, 0) is 62.0 Å². The molecule has 9 aromatic rings. The molecule has 1 aliphatic heterocycles. The van der Waals surface area contributed by atoms with Gasteiger partial charge in [0.2, 0.25) is 0 Å². The molecule has 7 aromatic carbocycles. The zero-order chi connectivity index (χ0) is 34.8. The zero-order valence-corrected chi connectivity index (χ0v) is 29.8. The summed E-state index contributed by atoms with van der Waals surface area (Å²) in [5, 5.41) is 4.88. The maximum atomic E-state index is 6.50. The lowest BCUT2D eigenvalue weighted by atomic mass is 9.96. The third-order valence-corrected chi connectivity index (χ3v) is 14.1. The van der Waals surface area contributed by atoms with E-state index in [1.54, 1.807) is 0 Å². The van der Waals surface area contributed by atoms with Crippen LogP contribution in [0.5, 0.6) is 0 Å². The summed E-state index contributed by atoms with van der Waals surface area (Å²) in [5.74, 6) is 1.93. The standard InChI is InChI=1S/C47H33N3OSi/c1-52(2)41-23-13-21-38(44(41)36-27-25-34(29-42(36)52)31-16-8-4-9-17-31)47-49-45(32-18-10-5-11-19-32)48-46(50-47)37-20-12-22-39-43(37)35-26-24-33(28-40(35)51-39)30-14-6-3-7-15-30/h3-29H,1-2H3. The Labute approximate surface area is 303 Å². The number of fused-ring (bicyclic) bond motifs is 6. The van der Waals surface area contributed by atoms with E-state index in [4.69, 9.17) is 19.4 Å². The second-order valence-corrected chi connectivity index (χ2v) is 18.3. The second kappa shape index (κ2) is 11.8. The van der Waals surface area contributed by atoms with E-state index in [1.165, 1.54) is 32.6 Å². The molecule has 0 bridgehead atoms. The molecule has 10 rings (SSSR count). The SMILES string of the molecule is C[Si]1(C)c2cc(-c3ccccc3)ccc2-c2c(-c3nc(-c4ccccc4)nc(-c4cccc5oc6cc(-c7ccccc7)ccc6c45)n3)cccc21. The maximum Gasteiger partial charge on any atom is 0.164 e. The third-order valence-electron chi connectivity index (χ3n) is 10.6. The van der Waals surface area contributed by atoms with Crippen LogP contribution in [0.1, 0.15) is 0 Å². The van der Waals surface area contributed by atoms with Gasteiger partial charge in [-0.3, -0.25) is 0 Å². The fraction of sp³-hybridized carbons (Fsp3) is 0.0426. The first-order valence-electron chi connectivity index (χ1n) is 17.7. The van der Waals surface area contributed by atoms with Crippen molar-refractivity contribution < 1.29 is 4.42 Å². The van der Waals surface area contributed by atoms with Crippen LogP contribution in [-0.2, 0) is 0 Å². The first-order valence-corrected chi connectivity index (χ1v) is 20.7. The van der Waals surface area contributed by atoms with Gasteiger partial charge in [0.25, 0.3) is 0 Å². The molecule has 4 nitrogen and oxygen atoms in total. The van der Waals surface area contributed by atoms with Crippen molar-refractivity contribution in [2.45, 2.75) is 13.1 Å². The molecule has 0 aliphatic carbocycles. The molecule has 0 radical (unpaired) electrons. The van der Waals surface area contributed by atoms with Crippen molar-refractivity contribution in [1.29, 1.82) is 0 Å². The largest absolute Gasteiger partial charge is 0.456 e. The number of hydrogen-bond acceptors (Lipinski definition) is 4. The van der Waals surface area contributed by atoms with E-state index in [1.807, 2.05) is 36.4 Å². The first-order chi connectivity index (χ1) is 25.5. The van der Waals surface area contributed by atoms with Gasteiger partial charge in [0.1, 0.15) is 19.2 Å². The third kappa shape index (κ3) is 4.85. The van der Waals surface area contributed by atoms with E-state index in [-0.39, 0.29) is 0 Å². The first kappa shape index (κ1) is 30.4. The van der Waals surface area contributed by atoms with Crippen LogP contribution in [0, 0.1) is 0 Å². The van der Waals surface area contributed by atoms with Crippen molar-refractivity contribution in [1.82, 2.24) is 15.0 Å². The van der Waals surface area contributed by atoms with Crippen LogP contribution < -0.4 is 10.4 Å². The molecule has 5 heteroatoms. The highest BCUT2D eigenvalue weighted by atomic mass is 28.3. The normalized spacial score (nSPS) is 13.0. The van der Waals surface area contributed by atoms with E-state index < -0.39 is 8.07 Å². The Morgan fingerprint density at radius 1 is 0.404 bits per heavy atom. The Morgan fingerprint density at radius 3 is 1.69 bits per heavy atom. The van der Waals surface area contributed by atoms with Crippen molar-refractivity contribution >= 4 is 40.4 Å². The summed E-state index contributed by atoms with van der Waals surface area (Å²) < 4.78 is 6.50. The van der Waals surface area contributed by atoms with Crippen molar-refractivity contribution in [2.75, 3.05) is 0 Å². The molecule has 0 saturated heterocycles. The van der Waals surface area contributed by atoms with Gasteiger partial charge in [0.05, 0.1) is 0 Å². The fourth-order valence-electron chi connectivity index (χ4n) is 7.94. The average Bonchev–Trinajstić information content (AvgIpc) is 3.70. The van der Waals surface area contributed by atoms with Gasteiger partial charge in [-0.25, -0.2) is 15.0 Å². The molecule has 0 amide bonds. The monoisotopic (exact) mass is 683 g/mol. The summed E-state index contributed by atoms with van der Waals surface area (Å²) >= 11 is 0. The van der Waals surface area contributed by atoms with Gasteiger partial charge in [0, 0.05) is 27.5 Å². The predicted molar refractivity (Wildman–Crippen MR) is 216 cm³/mol. The van der Waals surface area contributed by atoms with Crippen LogP contribution >= 0.6 is 0 Å². The lowest BCUT2D eigenvalue weighted by Gasteiger charge is -2.19. The molecule has 0 N–H and O–H groups in total. The highest BCUT2D eigenvalue weighted by Gasteiger charge is 2.39. The lowest BCUT2D eigenvalue weighted by Crippen LogP contribution is -2.49. The van der Waals surface area contributed by atoms with Gasteiger partial charge in [0.15, 0.2) is 17.5 Å². The Morgan fingerprint density at radius 2 is 0.981 bits per heavy atom. The van der Waals surface area contributed by atoms with Crippen molar-refractivity contribution in [3.05, 3.63) is 164 Å². The van der Waals surface area contributed by atoms with Crippen LogP contribution in [0.2, 0.25) is 13.1 Å². The Bertz CT molecular complexity index is 2810. The lowest BCUT2D eigenvalue weighted by molar-refractivity contribution is 0.669. The number of hydrogen-bond donors (Lipinski definition) is 0. The van der Waals surface area contributed by atoms with Crippen molar-refractivity contribution in [3.63, 3.8) is 0 Å². The quantitative estimate of drug-likeness (QED) is 0.169. The van der Waals surface area contributed by atoms with Crippen molar-refractivity contribution in [2.24, 2.45) is 0 Å². The maximum absolute atomic E-state index is 6.50. The molecule has 0 saturated carbocycles. The van der Waals surface area contributed by atoms with Gasteiger partial charge in [-0.2, -0.15) is 0 Å². The summed E-state index contributed by atoms with van der Waals surface area (Å²) in [4.78, 5) is 15.7. The van der Waals surface area contributed by atoms with Crippen LogP contribution in [0.4, 0.5) is 0 Å². The van der Waals surface area contributed by atoms with E-state index in [9.17, 15) is 0 Å². The minimum atomic E-state index is -2.04. The zero-order valence-electron chi connectivity index (χ0n) is 28.8. The molecule has 52 heavy (non-hydrogen) atoms. The van der Waals surface area contributed by atoms with Gasteiger partial charge in [-0.1, -0.05) is 159 Å². The smallest absolute Gasteiger partial charge is 0.164 e. The minimum absolute atomic E-state index is 0.621. The predicted octanol–water partition coefficient (Wildman–Crippen LogP) is 10.9. The number of furan rings is 1. The molecule has 2 aromatic heterocycles. The molecular weight excluding hydrogens is 651 g/mol. The topological polar surface area (TPSA) is 51.8 Å².